The molecule has 2 rings (SSSR count). The second-order valence-corrected chi connectivity index (χ2v) is 5.31. The third kappa shape index (κ3) is 3.80. The van der Waals surface area contributed by atoms with Crippen LogP contribution in [0, 0.1) is 0 Å². The fourth-order valence-electron chi connectivity index (χ4n) is 2.52. The Morgan fingerprint density at radius 1 is 1.37 bits per heavy atom. The van der Waals surface area contributed by atoms with E-state index in [-0.39, 0.29) is 6.10 Å². The third-order valence-electron chi connectivity index (χ3n) is 3.43. The molecule has 1 unspecified atom stereocenters. The van der Waals surface area contributed by atoms with Gasteiger partial charge in [0.05, 0.1) is 6.10 Å². The maximum atomic E-state index is 5.90. The van der Waals surface area contributed by atoms with Gasteiger partial charge in [-0.05, 0) is 26.7 Å². The number of nitrogens with two attached hydrogens (primary N) is 1. The van der Waals surface area contributed by atoms with E-state index >= 15 is 0 Å². The molecule has 1 aromatic rings. The number of nitrogens with zero attached hydrogens (tertiary/aromatic N) is 3. The van der Waals surface area contributed by atoms with Crippen molar-refractivity contribution < 1.29 is 4.74 Å². The van der Waals surface area contributed by atoms with Crippen molar-refractivity contribution in [3.63, 3.8) is 0 Å². The Morgan fingerprint density at radius 3 is 2.95 bits per heavy atom. The van der Waals surface area contributed by atoms with Crippen LogP contribution >= 0.6 is 0 Å². The Hall–Kier alpha value is -1.36. The van der Waals surface area contributed by atoms with E-state index in [1.165, 1.54) is 19.3 Å². The molecule has 0 aliphatic carbocycles. The van der Waals surface area contributed by atoms with E-state index in [1.54, 1.807) is 6.33 Å². The summed E-state index contributed by atoms with van der Waals surface area (Å²) in [7, 11) is 0. The summed E-state index contributed by atoms with van der Waals surface area (Å²) in [5.41, 5.74) is 5.90. The maximum absolute atomic E-state index is 5.90. The van der Waals surface area contributed by atoms with Gasteiger partial charge in [0, 0.05) is 25.2 Å². The number of hydrogen-bond donors (Lipinski definition) is 1. The number of rotatable bonds is 4. The van der Waals surface area contributed by atoms with Crippen LogP contribution in [-0.2, 0) is 0 Å². The van der Waals surface area contributed by atoms with Gasteiger partial charge in [0.1, 0.15) is 12.1 Å². The summed E-state index contributed by atoms with van der Waals surface area (Å²) in [6, 6.07) is 2.30. The van der Waals surface area contributed by atoms with Crippen molar-refractivity contribution in [1.29, 1.82) is 0 Å². The highest BCUT2D eigenvalue weighted by Gasteiger charge is 2.21. The van der Waals surface area contributed by atoms with Crippen molar-refractivity contribution in [2.45, 2.75) is 51.7 Å². The normalized spacial score (nSPS) is 20.4. The predicted octanol–water partition coefficient (Wildman–Crippen LogP) is 1.97. The van der Waals surface area contributed by atoms with Gasteiger partial charge in [-0.2, -0.15) is 0 Å². The molecular formula is C14H24N4O. The Morgan fingerprint density at radius 2 is 2.21 bits per heavy atom. The van der Waals surface area contributed by atoms with Gasteiger partial charge >= 0.3 is 0 Å². The Kier molecular flexibility index (Phi) is 4.96. The molecule has 0 radical (unpaired) electrons. The first kappa shape index (κ1) is 14.1. The van der Waals surface area contributed by atoms with Gasteiger partial charge in [0.25, 0.3) is 0 Å². The molecule has 1 aromatic heterocycles. The topological polar surface area (TPSA) is 64.3 Å². The second-order valence-electron chi connectivity index (χ2n) is 5.31. The van der Waals surface area contributed by atoms with Crippen molar-refractivity contribution in [2.24, 2.45) is 5.73 Å². The average molecular weight is 264 g/mol. The van der Waals surface area contributed by atoms with Crippen LogP contribution in [0.5, 0.6) is 5.88 Å². The lowest BCUT2D eigenvalue weighted by Crippen LogP contribution is -2.40. The first-order valence-corrected chi connectivity index (χ1v) is 7.16. The van der Waals surface area contributed by atoms with E-state index in [0.29, 0.717) is 18.5 Å². The highest BCUT2D eigenvalue weighted by atomic mass is 16.5. The van der Waals surface area contributed by atoms with Gasteiger partial charge in [-0.3, -0.25) is 0 Å². The van der Waals surface area contributed by atoms with Gasteiger partial charge in [-0.25, -0.2) is 9.97 Å². The van der Waals surface area contributed by atoms with Crippen LogP contribution in [0.2, 0.25) is 0 Å². The fourth-order valence-corrected chi connectivity index (χ4v) is 2.52. The van der Waals surface area contributed by atoms with Gasteiger partial charge in [0.2, 0.25) is 5.88 Å². The summed E-state index contributed by atoms with van der Waals surface area (Å²) in [5.74, 6) is 1.57. The zero-order valence-corrected chi connectivity index (χ0v) is 11.9. The summed E-state index contributed by atoms with van der Waals surface area (Å²) in [6.07, 6.45) is 6.55. The van der Waals surface area contributed by atoms with Crippen molar-refractivity contribution >= 4 is 5.82 Å². The van der Waals surface area contributed by atoms with Crippen molar-refractivity contribution in [3.05, 3.63) is 12.4 Å². The molecule has 2 heterocycles. The molecule has 106 valence electrons. The molecule has 0 saturated carbocycles. The first-order chi connectivity index (χ1) is 9.20. The molecule has 1 atom stereocenters. The smallest absolute Gasteiger partial charge is 0.218 e. The van der Waals surface area contributed by atoms with E-state index in [1.807, 2.05) is 19.9 Å². The first-order valence-electron chi connectivity index (χ1n) is 7.16. The summed E-state index contributed by atoms with van der Waals surface area (Å²) in [6.45, 7) is 5.68. The number of hydrogen-bond acceptors (Lipinski definition) is 5. The number of anilines is 1. The fraction of sp³-hybridized carbons (Fsp3) is 0.714. The summed E-state index contributed by atoms with van der Waals surface area (Å²) in [4.78, 5) is 10.9. The molecule has 0 amide bonds. The molecule has 5 nitrogen and oxygen atoms in total. The third-order valence-corrected chi connectivity index (χ3v) is 3.43. The minimum absolute atomic E-state index is 0.122. The van der Waals surface area contributed by atoms with E-state index < -0.39 is 0 Å². The lowest BCUT2D eigenvalue weighted by atomic mass is 10.1. The zero-order chi connectivity index (χ0) is 13.7. The number of ether oxygens (including phenoxy) is 1. The Labute approximate surface area is 115 Å². The SMILES string of the molecule is CC(C)Oc1cc(N2CCCCCC2CN)ncn1. The molecule has 5 heteroatoms. The van der Waals surface area contributed by atoms with Crippen LogP contribution in [0.1, 0.15) is 39.5 Å². The van der Waals surface area contributed by atoms with Gasteiger partial charge in [0.15, 0.2) is 0 Å². The van der Waals surface area contributed by atoms with Crippen molar-refractivity contribution in [1.82, 2.24) is 9.97 Å². The molecular weight excluding hydrogens is 240 g/mol. The molecule has 0 aromatic carbocycles. The highest BCUT2D eigenvalue weighted by molar-refractivity contribution is 5.42. The lowest BCUT2D eigenvalue weighted by molar-refractivity contribution is 0.232. The van der Waals surface area contributed by atoms with Crippen LogP contribution in [0.4, 0.5) is 5.82 Å². The van der Waals surface area contributed by atoms with Crippen LogP contribution in [0.15, 0.2) is 12.4 Å². The van der Waals surface area contributed by atoms with E-state index in [9.17, 15) is 0 Å². The summed E-state index contributed by atoms with van der Waals surface area (Å²) >= 11 is 0. The summed E-state index contributed by atoms with van der Waals surface area (Å²) < 4.78 is 5.64. The van der Waals surface area contributed by atoms with E-state index in [4.69, 9.17) is 10.5 Å². The lowest BCUT2D eigenvalue weighted by Gasteiger charge is -2.30. The van der Waals surface area contributed by atoms with Crippen LogP contribution in [-0.4, -0.2) is 35.2 Å². The molecule has 0 spiro atoms. The minimum Gasteiger partial charge on any atom is -0.475 e. The maximum Gasteiger partial charge on any atom is 0.218 e. The van der Waals surface area contributed by atoms with Crippen LogP contribution in [0.25, 0.3) is 0 Å². The van der Waals surface area contributed by atoms with Crippen LogP contribution in [0.3, 0.4) is 0 Å². The van der Waals surface area contributed by atoms with Gasteiger partial charge in [-0.15, -0.1) is 0 Å². The van der Waals surface area contributed by atoms with Crippen molar-refractivity contribution in [3.8, 4) is 5.88 Å². The quantitative estimate of drug-likeness (QED) is 0.900. The van der Waals surface area contributed by atoms with Gasteiger partial charge in [-0.1, -0.05) is 12.8 Å². The largest absolute Gasteiger partial charge is 0.475 e. The summed E-state index contributed by atoms with van der Waals surface area (Å²) in [5, 5.41) is 0. The number of aromatic nitrogens is 2. The molecule has 1 aliphatic heterocycles. The molecule has 19 heavy (non-hydrogen) atoms. The van der Waals surface area contributed by atoms with E-state index in [0.717, 1.165) is 18.8 Å². The van der Waals surface area contributed by atoms with E-state index in [2.05, 4.69) is 14.9 Å². The molecule has 0 bridgehead atoms. The van der Waals surface area contributed by atoms with Gasteiger partial charge < -0.3 is 15.4 Å². The Balaban J connectivity index is 2.18. The average Bonchev–Trinajstić information content (AvgIpc) is 2.63. The zero-order valence-electron chi connectivity index (χ0n) is 11.9. The minimum atomic E-state index is 0.122. The molecule has 1 fully saturated rings. The highest BCUT2D eigenvalue weighted by Crippen LogP contribution is 2.24. The monoisotopic (exact) mass is 264 g/mol. The van der Waals surface area contributed by atoms with Crippen molar-refractivity contribution in [2.75, 3.05) is 18.0 Å². The molecule has 1 aliphatic rings. The second kappa shape index (κ2) is 6.70. The molecule has 2 N–H and O–H groups in total. The Bertz CT molecular complexity index is 397. The standard InChI is InChI=1S/C14H24N4O/c1-11(2)19-14-8-13(16-10-17-14)18-7-5-3-4-6-12(18)9-15/h8,10-12H,3-7,9,15H2,1-2H3. The van der Waals surface area contributed by atoms with Crippen LogP contribution < -0.4 is 15.4 Å². The molecule has 1 saturated heterocycles. The predicted molar refractivity (Wildman–Crippen MR) is 76.5 cm³/mol.